The third kappa shape index (κ3) is 4.99. The number of alkyl halides is 3. The summed E-state index contributed by atoms with van der Waals surface area (Å²) in [6.45, 7) is -0.139. The lowest BCUT2D eigenvalue weighted by Crippen LogP contribution is -2.36. The van der Waals surface area contributed by atoms with Crippen LogP contribution in [0.5, 0.6) is 0 Å². The molecule has 0 aliphatic rings. The van der Waals surface area contributed by atoms with E-state index in [-0.39, 0.29) is 30.4 Å². The molecular weight excluding hydrogens is 284 g/mol. The summed E-state index contributed by atoms with van der Waals surface area (Å²) < 4.78 is 50.9. The van der Waals surface area contributed by atoms with Crippen molar-refractivity contribution in [3.05, 3.63) is 35.1 Å². The average Bonchev–Trinajstić information content (AvgIpc) is 2.33. The molecule has 0 saturated carbocycles. The van der Waals surface area contributed by atoms with E-state index in [2.05, 4.69) is 10.6 Å². The summed E-state index contributed by atoms with van der Waals surface area (Å²) in [5.41, 5.74) is -1.15. The van der Waals surface area contributed by atoms with Gasteiger partial charge >= 0.3 is 6.18 Å². The first kappa shape index (κ1) is 15.6. The zero-order valence-electron chi connectivity index (χ0n) is 9.72. The molecule has 0 saturated heterocycles. The van der Waals surface area contributed by atoms with Gasteiger partial charge in [-0.2, -0.15) is 13.2 Å². The number of benzene rings is 1. The van der Waals surface area contributed by atoms with Gasteiger partial charge in [0, 0.05) is 13.1 Å². The second kappa shape index (κ2) is 6.67. The van der Waals surface area contributed by atoms with Gasteiger partial charge in [0.25, 0.3) is 0 Å². The summed E-state index contributed by atoms with van der Waals surface area (Å²) in [6, 6.07) is 2.46. The highest BCUT2D eigenvalue weighted by Crippen LogP contribution is 2.32. The van der Waals surface area contributed by atoms with Gasteiger partial charge in [0.2, 0.25) is 0 Å². The van der Waals surface area contributed by atoms with Crippen LogP contribution < -0.4 is 10.6 Å². The normalized spacial score (nSPS) is 11.2. The average molecular weight is 296 g/mol. The summed E-state index contributed by atoms with van der Waals surface area (Å²) in [6.07, 6.45) is -4.63. The smallest absolute Gasteiger partial charge is 0.395 e. The van der Waals surface area contributed by atoms with E-state index in [4.69, 9.17) is 17.3 Å². The molecule has 0 amide bonds. The Morgan fingerprint density at radius 2 is 1.95 bits per heavy atom. The molecule has 19 heavy (non-hydrogen) atoms. The zero-order valence-corrected chi connectivity index (χ0v) is 10.5. The number of thiocarbonyl (C=S) groups is 1. The van der Waals surface area contributed by atoms with Crippen molar-refractivity contribution in [2.24, 2.45) is 0 Å². The number of nitrogens with one attached hydrogen (secondary N) is 2. The highest BCUT2D eigenvalue weighted by molar-refractivity contribution is 7.80. The van der Waals surface area contributed by atoms with Crippen LogP contribution in [0.2, 0.25) is 0 Å². The zero-order chi connectivity index (χ0) is 14.5. The Balaban J connectivity index is 2.76. The minimum absolute atomic E-state index is 0.109. The fourth-order valence-electron chi connectivity index (χ4n) is 1.37. The van der Waals surface area contributed by atoms with Gasteiger partial charge in [0.1, 0.15) is 5.82 Å². The van der Waals surface area contributed by atoms with Crippen LogP contribution in [0.4, 0.5) is 17.6 Å². The van der Waals surface area contributed by atoms with E-state index >= 15 is 0 Å². The Labute approximate surface area is 112 Å². The molecule has 8 heteroatoms. The van der Waals surface area contributed by atoms with Gasteiger partial charge in [0.05, 0.1) is 12.2 Å². The Morgan fingerprint density at radius 3 is 2.53 bits per heavy atom. The fourth-order valence-corrected chi connectivity index (χ4v) is 1.55. The summed E-state index contributed by atoms with van der Waals surface area (Å²) in [7, 11) is 0. The quantitative estimate of drug-likeness (QED) is 0.585. The highest BCUT2D eigenvalue weighted by atomic mass is 32.1. The maximum absolute atomic E-state index is 12.9. The summed E-state index contributed by atoms with van der Waals surface area (Å²) in [4.78, 5) is 0. The van der Waals surface area contributed by atoms with Crippen molar-refractivity contribution in [2.45, 2.75) is 12.7 Å². The first-order valence-corrected chi connectivity index (χ1v) is 5.73. The molecule has 0 aromatic heterocycles. The van der Waals surface area contributed by atoms with Crippen molar-refractivity contribution in [1.82, 2.24) is 10.6 Å². The number of aliphatic hydroxyl groups is 1. The van der Waals surface area contributed by atoms with E-state index in [9.17, 15) is 17.6 Å². The van der Waals surface area contributed by atoms with E-state index in [1.165, 1.54) is 0 Å². The van der Waals surface area contributed by atoms with Crippen molar-refractivity contribution in [1.29, 1.82) is 0 Å². The van der Waals surface area contributed by atoms with Gasteiger partial charge in [-0.15, -0.1) is 0 Å². The fraction of sp³-hybridized carbons (Fsp3) is 0.364. The maximum atomic E-state index is 12.9. The lowest BCUT2D eigenvalue weighted by atomic mass is 10.1. The lowest BCUT2D eigenvalue weighted by Gasteiger charge is -2.15. The second-order valence-electron chi connectivity index (χ2n) is 3.63. The molecule has 0 bridgehead atoms. The van der Waals surface area contributed by atoms with Crippen LogP contribution >= 0.6 is 12.2 Å². The standard InChI is InChI=1S/C11H12F4N2OS/c12-8-2-1-7(9(5-8)11(13,14)15)6-17-10(19)16-3-4-18/h1-2,5,18H,3-4,6H2,(H2,16,17,19). The molecule has 0 aliphatic heterocycles. The molecule has 0 unspecified atom stereocenters. The van der Waals surface area contributed by atoms with Crippen molar-refractivity contribution < 1.29 is 22.7 Å². The molecule has 3 N–H and O–H groups in total. The van der Waals surface area contributed by atoms with E-state index in [0.29, 0.717) is 6.07 Å². The van der Waals surface area contributed by atoms with Crippen LogP contribution in [0.25, 0.3) is 0 Å². The van der Waals surface area contributed by atoms with E-state index in [0.717, 1.165) is 12.1 Å². The monoisotopic (exact) mass is 296 g/mol. The number of rotatable bonds is 4. The van der Waals surface area contributed by atoms with Gasteiger partial charge in [-0.3, -0.25) is 0 Å². The molecule has 1 aromatic rings. The van der Waals surface area contributed by atoms with Crippen LogP contribution in [-0.4, -0.2) is 23.4 Å². The Hall–Kier alpha value is -1.41. The summed E-state index contributed by atoms with van der Waals surface area (Å²) in [5.74, 6) is -0.947. The predicted octanol–water partition coefficient (Wildman–Crippen LogP) is 1.80. The molecular formula is C11H12F4N2OS. The van der Waals surface area contributed by atoms with Gasteiger partial charge in [-0.1, -0.05) is 6.07 Å². The Bertz CT molecular complexity index is 451. The van der Waals surface area contributed by atoms with E-state index in [1.807, 2.05) is 0 Å². The van der Waals surface area contributed by atoms with Crippen LogP contribution in [0.3, 0.4) is 0 Å². The number of aliphatic hydroxyl groups excluding tert-OH is 1. The first-order chi connectivity index (χ1) is 8.84. The third-order valence-electron chi connectivity index (χ3n) is 2.21. The van der Waals surface area contributed by atoms with Crippen LogP contribution in [0.15, 0.2) is 18.2 Å². The van der Waals surface area contributed by atoms with Crippen molar-refractivity contribution in [3.8, 4) is 0 Å². The molecule has 0 aliphatic carbocycles. The highest BCUT2D eigenvalue weighted by Gasteiger charge is 2.33. The van der Waals surface area contributed by atoms with Gasteiger partial charge in [-0.25, -0.2) is 4.39 Å². The Kier molecular flexibility index (Phi) is 5.49. The molecule has 0 spiro atoms. The molecule has 1 aromatic carbocycles. The second-order valence-corrected chi connectivity index (χ2v) is 4.04. The van der Waals surface area contributed by atoms with Crippen LogP contribution in [0, 0.1) is 5.82 Å². The lowest BCUT2D eigenvalue weighted by molar-refractivity contribution is -0.138. The first-order valence-electron chi connectivity index (χ1n) is 5.32. The third-order valence-corrected chi connectivity index (χ3v) is 2.50. The van der Waals surface area contributed by atoms with Crippen molar-refractivity contribution in [3.63, 3.8) is 0 Å². The molecule has 0 heterocycles. The van der Waals surface area contributed by atoms with Crippen LogP contribution in [-0.2, 0) is 12.7 Å². The molecule has 0 fully saturated rings. The van der Waals surface area contributed by atoms with E-state index in [1.54, 1.807) is 0 Å². The number of hydrogen-bond acceptors (Lipinski definition) is 2. The van der Waals surface area contributed by atoms with Gasteiger partial charge < -0.3 is 15.7 Å². The molecule has 1 rings (SSSR count). The molecule has 0 radical (unpaired) electrons. The predicted molar refractivity (Wildman–Crippen MR) is 65.9 cm³/mol. The SMILES string of the molecule is OCCNC(=S)NCc1ccc(F)cc1C(F)(F)F. The number of halogens is 4. The van der Waals surface area contributed by atoms with Gasteiger partial charge in [0.15, 0.2) is 5.11 Å². The summed E-state index contributed by atoms with van der Waals surface area (Å²) in [5, 5.41) is 13.8. The minimum atomic E-state index is -4.63. The summed E-state index contributed by atoms with van der Waals surface area (Å²) >= 11 is 4.79. The maximum Gasteiger partial charge on any atom is 0.416 e. The molecule has 3 nitrogen and oxygen atoms in total. The van der Waals surface area contributed by atoms with Crippen molar-refractivity contribution >= 4 is 17.3 Å². The van der Waals surface area contributed by atoms with Gasteiger partial charge in [-0.05, 0) is 29.9 Å². The molecule has 0 atom stereocenters. The number of hydrogen-bond donors (Lipinski definition) is 3. The topological polar surface area (TPSA) is 44.3 Å². The van der Waals surface area contributed by atoms with Crippen LogP contribution in [0.1, 0.15) is 11.1 Å². The van der Waals surface area contributed by atoms with E-state index < -0.39 is 17.6 Å². The molecule has 106 valence electrons. The van der Waals surface area contributed by atoms with Crippen molar-refractivity contribution in [2.75, 3.05) is 13.2 Å². The largest absolute Gasteiger partial charge is 0.416 e. The Morgan fingerprint density at radius 1 is 1.26 bits per heavy atom. The minimum Gasteiger partial charge on any atom is -0.395 e.